The molecule has 2 nitrogen and oxygen atoms in total. The maximum absolute atomic E-state index is 6.95. The Labute approximate surface area is 178 Å². The molecule has 29 heavy (non-hydrogen) atoms. The van der Waals surface area contributed by atoms with Crippen LogP contribution in [0.4, 0.5) is 0 Å². The number of rotatable bonds is 13. The van der Waals surface area contributed by atoms with Crippen molar-refractivity contribution in [3.05, 3.63) is 60.7 Å². The minimum absolute atomic E-state index is 0.330. The molecule has 158 valence electrons. The van der Waals surface area contributed by atoms with Crippen LogP contribution < -0.4 is 10.4 Å². The molecule has 0 amide bonds. The molecule has 2 aromatic rings. The van der Waals surface area contributed by atoms with E-state index in [2.05, 4.69) is 67.6 Å². The Bertz CT molecular complexity index is 628. The van der Waals surface area contributed by atoms with Crippen molar-refractivity contribution in [3.63, 3.8) is 0 Å². The summed E-state index contributed by atoms with van der Waals surface area (Å²) in [6.07, 6.45) is 14.3. The van der Waals surface area contributed by atoms with Crippen molar-refractivity contribution >= 4 is 18.9 Å². The Kier molecular flexibility index (Phi) is 9.45. The molecular weight excluding hydrogens is 372 g/mol. The smallest absolute Gasteiger partial charge is 0.388 e. The SMILES string of the molecule is CCCCCCCCCO[Si](OC1CCCC1)(c1ccccc1)c1ccccc1. The zero-order chi connectivity index (χ0) is 20.2. The minimum Gasteiger partial charge on any atom is -0.388 e. The van der Waals surface area contributed by atoms with Crippen LogP contribution >= 0.6 is 0 Å². The quantitative estimate of drug-likeness (QED) is 0.299. The zero-order valence-corrected chi connectivity index (χ0v) is 19.2. The lowest BCUT2D eigenvalue weighted by Gasteiger charge is -2.34. The van der Waals surface area contributed by atoms with Crippen LogP contribution in [0, 0.1) is 0 Å². The van der Waals surface area contributed by atoms with Crippen molar-refractivity contribution in [1.82, 2.24) is 0 Å². The van der Waals surface area contributed by atoms with Gasteiger partial charge >= 0.3 is 8.56 Å². The predicted molar refractivity (Wildman–Crippen MR) is 125 cm³/mol. The molecule has 0 bridgehead atoms. The van der Waals surface area contributed by atoms with Gasteiger partial charge in [0.25, 0.3) is 0 Å². The van der Waals surface area contributed by atoms with Gasteiger partial charge in [-0.25, -0.2) is 0 Å². The summed E-state index contributed by atoms with van der Waals surface area (Å²) in [6, 6.07) is 21.5. The lowest BCUT2D eigenvalue weighted by Crippen LogP contribution is -2.64. The summed E-state index contributed by atoms with van der Waals surface area (Å²) < 4.78 is 13.8. The highest BCUT2D eigenvalue weighted by atomic mass is 28.4. The molecular formula is C26H38O2Si. The van der Waals surface area contributed by atoms with Crippen LogP contribution in [0.3, 0.4) is 0 Å². The summed E-state index contributed by atoms with van der Waals surface area (Å²) in [5, 5.41) is 2.47. The molecule has 3 rings (SSSR count). The van der Waals surface area contributed by atoms with Crippen molar-refractivity contribution in [3.8, 4) is 0 Å². The normalized spacial score (nSPS) is 15.1. The standard InChI is InChI=1S/C26H38O2Si/c1-2-3-4-5-6-7-16-23-27-29(25-19-10-8-11-20-25,26-21-12-9-13-22-26)28-24-17-14-15-18-24/h8-13,19-22,24H,2-7,14-18,23H2,1H3. The molecule has 0 heterocycles. The van der Waals surface area contributed by atoms with E-state index < -0.39 is 8.56 Å². The summed E-state index contributed by atoms with van der Waals surface area (Å²) in [4.78, 5) is 0. The number of hydrogen-bond donors (Lipinski definition) is 0. The van der Waals surface area contributed by atoms with E-state index in [0.29, 0.717) is 6.10 Å². The Balaban J connectivity index is 1.72. The first kappa shape index (κ1) is 22.3. The van der Waals surface area contributed by atoms with E-state index in [1.54, 1.807) is 0 Å². The van der Waals surface area contributed by atoms with Crippen molar-refractivity contribution < 1.29 is 8.85 Å². The van der Waals surface area contributed by atoms with E-state index >= 15 is 0 Å². The van der Waals surface area contributed by atoms with E-state index in [4.69, 9.17) is 8.85 Å². The van der Waals surface area contributed by atoms with E-state index in [1.165, 1.54) is 61.7 Å². The van der Waals surface area contributed by atoms with Gasteiger partial charge in [0, 0.05) is 12.7 Å². The molecule has 0 aliphatic heterocycles. The summed E-state index contributed by atoms with van der Waals surface area (Å²) in [7, 11) is -2.69. The van der Waals surface area contributed by atoms with E-state index in [-0.39, 0.29) is 0 Å². The Morgan fingerprint density at radius 2 is 1.24 bits per heavy atom. The minimum atomic E-state index is -2.69. The first-order valence-electron chi connectivity index (χ1n) is 11.8. The van der Waals surface area contributed by atoms with Crippen LogP contribution in [0.2, 0.25) is 0 Å². The molecule has 0 saturated heterocycles. The highest BCUT2D eigenvalue weighted by Crippen LogP contribution is 2.25. The molecule has 1 aliphatic rings. The van der Waals surface area contributed by atoms with Gasteiger partial charge in [-0.05, 0) is 29.6 Å². The second kappa shape index (κ2) is 12.3. The lowest BCUT2D eigenvalue weighted by atomic mass is 10.1. The third-order valence-electron chi connectivity index (χ3n) is 6.00. The van der Waals surface area contributed by atoms with Gasteiger partial charge < -0.3 is 8.85 Å². The molecule has 0 unspecified atom stereocenters. The topological polar surface area (TPSA) is 18.5 Å². The van der Waals surface area contributed by atoms with Crippen molar-refractivity contribution in [2.75, 3.05) is 6.61 Å². The van der Waals surface area contributed by atoms with Crippen LogP contribution in [-0.2, 0) is 8.85 Å². The molecule has 0 aromatic heterocycles. The van der Waals surface area contributed by atoms with Crippen LogP contribution in [0.25, 0.3) is 0 Å². The second-order valence-electron chi connectivity index (χ2n) is 8.34. The molecule has 0 radical (unpaired) electrons. The Morgan fingerprint density at radius 3 is 1.79 bits per heavy atom. The van der Waals surface area contributed by atoms with Gasteiger partial charge in [-0.2, -0.15) is 0 Å². The zero-order valence-electron chi connectivity index (χ0n) is 18.2. The van der Waals surface area contributed by atoms with Crippen molar-refractivity contribution in [2.45, 2.75) is 83.7 Å². The summed E-state index contributed by atoms with van der Waals surface area (Å²) >= 11 is 0. The molecule has 2 aromatic carbocycles. The maximum Gasteiger partial charge on any atom is 0.407 e. The fourth-order valence-electron chi connectivity index (χ4n) is 4.33. The van der Waals surface area contributed by atoms with Gasteiger partial charge in [-0.1, -0.05) is 119 Å². The summed E-state index contributed by atoms with van der Waals surface area (Å²) in [5.41, 5.74) is 0. The molecule has 0 atom stereocenters. The number of hydrogen-bond acceptors (Lipinski definition) is 2. The van der Waals surface area contributed by atoms with Gasteiger partial charge in [-0.15, -0.1) is 0 Å². The van der Waals surface area contributed by atoms with Gasteiger partial charge in [0.15, 0.2) is 0 Å². The average molecular weight is 411 g/mol. The molecule has 3 heteroatoms. The highest BCUT2D eigenvalue weighted by Gasteiger charge is 2.45. The second-order valence-corrected chi connectivity index (χ2v) is 11.3. The van der Waals surface area contributed by atoms with Crippen LogP contribution in [0.15, 0.2) is 60.7 Å². The maximum atomic E-state index is 6.95. The molecule has 0 N–H and O–H groups in total. The highest BCUT2D eigenvalue weighted by molar-refractivity contribution is 6.92. The molecule has 1 fully saturated rings. The third kappa shape index (κ3) is 6.53. The van der Waals surface area contributed by atoms with Gasteiger partial charge in [0.2, 0.25) is 0 Å². The Morgan fingerprint density at radius 1 is 0.724 bits per heavy atom. The van der Waals surface area contributed by atoms with E-state index in [1.807, 2.05) is 0 Å². The van der Waals surface area contributed by atoms with Crippen LogP contribution in [0.5, 0.6) is 0 Å². The fourth-order valence-corrected chi connectivity index (χ4v) is 7.74. The Hall–Kier alpha value is -1.42. The monoisotopic (exact) mass is 410 g/mol. The van der Waals surface area contributed by atoms with Gasteiger partial charge in [-0.3, -0.25) is 0 Å². The third-order valence-corrected chi connectivity index (χ3v) is 9.46. The number of benzene rings is 2. The molecule has 1 aliphatic carbocycles. The largest absolute Gasteiger partial charge is 0.407 e. The van der Waals surface area contributed by atoms with Gasteiger partial charge in [0.1, 0.15) is 0 Å². The fraction of sp³-hybridized carbons (Fsp3) is 0.538. The van der Waals surface area contributed by atoms with Crippen molar-refractivity contribution in [2.24, 2.45) is 0 Å². The van der Waals surface area contributed by atoms with E-state index in [0.717, 1.165) is 25.9 Å². The first-order valence-corrected chi connectivity index (χ1v) is 13.6. The molecule has 0 spiro atoms. The number of unbranched alkanes of at least 4 members (excludes halogenated alkanes) is 6. The first-order chi connectivity index (χ1) is 14.3. The van der Waals surface area contributed by atoms with E-state index in [9.17, 15) is 0 Å². The lowest BCUT2D eigenvalue weighted by molar-refractivity contribution is 0.133. The summed E-state index contributed by atoms with van der Waals surface area (Å²) in [5.74, 6) is 0. The van der Waals surface area contributed by atoms with Crippen LogP contribution in [-0.4, -0.2) is 21.3 Å². The van der Waals surface area contributed by atoms with Crippen LogP contribution in [0.1, 0.15) is 77.6 Å². The average Bonchev–Trinajstić information content (AvgIpc) is 3.29. The van der Waals surface area contributed by atoms with Gasteiger partial charge in [0.05, 0.1) is 0 Å². The van der Waals surface area contributed by atoms with Crippen molar-refractivity contribution in [1.29, 1.82) is 0 Å². The molecule has 1 saturated carbocycles. The summed E-state index contributed by atoms with van der Waals surface area (Å²) in [6.45, 7) is 3.06. The predicted octanol–water partition coefficient (Wildman–Crippen LogP) is 5.97.